The Bertz CT molecular complexity index is 1940. The van der Waals surface area contributed by atoms with Gasteiger partial charge in [-0.1, -0.05) is 156 Å². The van der Waals surface area contributed by atoms with Gasteiger partial charge >= 0.3 is 142 Å². The molecule has 0 bridgehead atoms. The molecular weight excluding hydrogens is 1240 g/mol. The first kappa shape index (κ1) is 99.6. The van der Waals surface area contributed by atoms with Gasteiger partial charge in [-0.25, -0.2) is 0 Å². The van der Waals surface area contributed by atoms with Gasteiger partial charge in [0.1, 0.15) is 0 Å². The van der Waals surface area contributed by atoms with Crippen molar-refractivity contribution in [2.75, 3.05) is 26.4 Å². The van der Waals surface area contributed by atoms with Crippen molar-refractivity contribution in [2.45, 2.75) is 228 Å². The molecule has 0 aromatic rings. The Morgan fingerprint density at radius 3 is 0.536 bits per heavy atom. The van der Waals surface area contributed by atoms with E-state index in [1.165, 1.54) is 0 Å². The Morgan fingerprint density at radius 2 is 0.417 bits per heavy atom. The predicted octanol–water partition coefficient (Wildman–Crippen LogP) is -10.8. The van der Waals surface area contributed by atoms with Crippen molar-refractivity contribution in [3.05, 3.63) is 0 Å². The second-order valence-electron chi connectivity index (χ2n) is 18.1. The molecule has 4 atom stereocenters. The molecule has 4 unspecified atom stereocenters. The molecule has 0 saturated carbocycles. The van der Waals surface area contributed by atoms with Crippen molar-refractivity contribution in [1.82, 2.24) is 0 Å². The number of carboxylic acid groups (broad SMARTS) is 4. The third-order valence-corrected chi connectivity index (χ3v) is 15.2. The molecule has 0 radical (unpaired) electrons. The first-order chi connectivity index (χ1) is 37.1. The van der Waals surface area contributed by atoms with Crippen LogP contribution in [0.4, 0.5) is 0 Å². The largest absolute Gasteiger partial charge is 1.00 e. The minimum Gasteiger partial charge on any atom is -0.550 e. The average molecular weight is 1330 g/mol. The topological polar surface area (TPSA) is 483 Å². The number of rotatable bonds is 44. The summed E-state index contributed by atoms with van der Waals surface area (Å²) in [5, 5.41) is 32.9. The minimum absolute atomic E-state index is 0. The summed E-state index contributed by atoms with van der Waals surface area (Å²) in [6.07, 6.45) is 18.5. The smallest absolute Gasteiger partial charge is 0.550 e. The van der Waals surface area contributed by atoms with Crippen LogP contribution in [-0.2, 0) is 97.8 Å². The standard InChI is InChI=1S/4C12H22O7S.4Na/c4*1-2-3-4-5-6-7-8-19-12(15)10(9-11(13)14)20(16,17)18;;;;/h4*10H,2-9H2,1H3,(H,13,14)(H,16,17,18);;;;/q;;;;4*+1/p-4. The number of carbonyl (C=O) groups is 8. The Labute approximate surface area is 584 Å². The van der Waals surface area contributed by atoms with E-state index in [4.69, 9.17) is 18.2 Å². The van der Waals surface area contributed by atoms with E-state index in [2.05, 4.69) is 46.6 Å². The molecule has 0 heterocycles. The molecule has 0 aromatic carbocycles. The summed E-state index contributed by atoms with van der Waals surface area (Å²) >= 11 is 0. The van der Waals surface area contributed by atoms with Crippen LogP contribution in [0.2, 0.25) is 0 Å². The van der Waals surface area contributed by atoms with Crippen LogP contribution in [0, 0.1) is 0 Å². The normalized spacial score (nSPS) is 12.3. The van der Waals surface area contributed by atoms with E-state index in [0.29, 0.717) is 25.7 Å². The SMILES string of the molecule is CCCCCCCCOC(=O)C(CC(=O)[O-])S(=O)(=O)O.CCCCCCCCOC(=O)C(CC(=O)[O-])S(=O)(=O)O.CCCCCCCCOC(=O)C(CC(=O)[O-])S(=O)(=O)O.CCCCCCCCOC(=O)C(CC(=O)[O-])S(=O)(=O)O.[Na+].[Na+].[Na+].[Na+]. The number of unbranched alkanes of at least 4 members (excludes halogenated alkanes) is 20. The van der Waals surface area contributed by atoms with Crippen molar-refractivity contribution in [1.29, 1.82) is 0 Å². The number of carbonyl (C=O) groups excluding carboxylic acids is 8. The van der Waals surface area contributed by atoms with Gasteiger partial charge < -0.3 is 58.6 Å². The molecule has 36 heteroatoms. The number of hydrogen-bond acceptors (Lipinski definition) is 24. The monoisotopic (exact) mass is 1330 g/mol. The van der Waals surface area contributed by atoms with Gasteiger partial charge in [0.2, 0.25) is 0 Å². The van der Waals surface area contributed by atoms with Gasteiger partial charge in [-0.3, -0.25) is 37.4 Å². The predicted molar refractivity (Wildman–Crippen MR) is 277 cm³/mol. The molecule has 4 N–H and O–H groups in total. The first-order valence-corrected chi connectivity index (χ1v) is 32.5. The van der Waals surface area contributed by atoms with E-state index in [1.807, 2.05) is 0 Å². The minimum atomic E-state index is -4.81. The van der Waals surface area contributed by atoms with Crippen molar-refractivity contribution in [2.24, 2.45) is 0 Å². The van der Waals surface area contributed by atoms with Gasteiger partial charge in [0, 0.05) is 49.6 Å². The van der Waals surface area contributed by atoms with Crippen molar-refractivity contribution in [3.8, 4) is 0 Å². The van der Waals surface area contributed by atoms with Crippen LogP contribution in [0.5, 0.6) is 0 Å². The Morgan fingerprint density at radius 1 is 0.286 bits per heavy atom. The van der Waals surface area contributed by atoms with Gasteiger partial charge in [0.05, 0.1) is 26.4 Å². The maximum atomic E-state index is 11.4. The summed E-state index contributed by atoms with van der Waals surface area (Å²) in [4.78, 5) is 87.0. The van der Waals surface area contributed by atoms with E-state index >= 15 is 0 Å². The van der Waals surface area contributed by atoms with Crippen molar-refractivity contribution >= 4 is 88.2 Å². The van der Waals surface area contributed by atoms with E-state index in [-0.39, 0.29) is 145 Å². The van der Waals surface area contributed by atoms with Crippen LogP contribution in [0.25, 0.3) is 0 Å². The molecule has 472 valence electrons. The maximum Gasteiger partial charge on any atom is 1.00 e. The molecule has 28 nitrogen and oxygen atoms in total. The molecule has 0 rings (SSSR count). The third-order valence-electron chi connectivity index (χ3n) is 10.9. The van der Waals surface area contributed by atoms with Crippen molar-refractivity contribution in [3.63, 3.8) is 0 Å². The first-order valence-electron chi connectivity index (χ1n) is 26.5. The molecule has 84 heavy (non-hydrogen) atoms. The maximum absolute atomic E-state index is 11.4. The Kier molecular flexibility index (Phi) is 71.1. The summed E-state index contributed by atoms with van der Waals surface area (Å²) in [6.45, 7) is 8.38. The fourth-order valence-corrected chi connectivity index (χ4v) is 9.07. The van der Waals surface area contributed by atoms with Crippen LogP contribution in [0.1, 0.15) is 207 Å². The summed E-state index contributed by atoms with van der Waals surface area (Å²) < 4.78 is 141. The number of carboxylic acids is 4. The van der Waals surface area contributed by atoms with E-state index in [9.17, 15) is 92.5 Å². The van der Waals surface area contributed by atoms with E-state index in [0.717, 1.165) is 128 Å². The Hall–Kier alpha value is -0.600. The van der Waals surface area contributed by atoms with Crippen LogP contribution in [0.3, 0.4) is 0 Å². The van der Waals surface area contributed by atoms with Gasteiger partial charge in [0.15, 0.2) is 21.0 Å². The fourth-order valence-electron chi connectivity index (χ4n) is 6.44. The second-order valence-corrected chi connectivity index (χ2v) is 24.5. The van der Waals surface area contributed by atoms with E-state index < -0.39 is 135 Å². The third kappa shape index (κ3) is 63.0. The molecule has 0 aliphatic carbocycles. The number of ether oxygens (including phenoxy) is 4. The van der Waals surface area contributed by atoms with E-state index in [1.54, 1.807) is 0 Å². The van der Waals surface area contributed by atoms with Crippen molar-refractivity contribution < 1.29 is 248 Å². The van der Waals surface area contributed by atoms with Gasteiger partial charge in [0.25, 0.3) is 40.5 Å². The average Bonchev–Trinajstić information content (AvgIpc) is 3.33. The zero-order valence-corrected chi connectivity index (χ0v) is 61.4. The molecule has 0 saturated heterocycles. The summed E-state index contributed by atoms with van der Waals surface area (Å²) in [7, 11) is -19.2. The summed E-state index contributed by atoms with van der Waals surface area (Å²) in [5.41, 5.74) is 0. The number of esters is 4. The molecule has 0 fully saturated rings. The zero-order valence-electron chi connectivity index (χ0n) is 50.2. The summed E-state index contributed by atoms with van der Waals surface area (Å²) in [5.74, 6) is -12.0. The zero-order chi connectivity index (χ0) is 62.4. The number of aliphatic carboxylic acids is 4. The second kappa shape index (κ2) is 60.0. The van der Waals surface area contributed by atoms with Gasteiger partial charge in [-0.05, 0) is 25.7 Å². The molecule has 0 aliphatic rings. The summed E-state index contributed by atoms with van der Waals surface area (Å²) in [6, 6.07) is 0. The van der Waals surface area contributed by atoms with Crippen LogP contribution >= 0.6 is 0 Å². The van der Waals surface area contributed by atoms with Gasteiger partial charge in [-0.2, -0.15) is 33.7 Å². The molecule has 0 aliphatic heterocycles. The molecule has 0 amide bonds. The van der Waals surface area contributed by atoms with Crippen LogP contribution in [0.15, 0.2) is 0 Å². The quantitative estimate of drug-likeness (QED) is 0.0145. The molecular formula is C48H84Na4O28S4. The van der Waals surface area contributed by atoms with Gasteiger partial charge in [-0.15, -0.1) is 0 Å². The van der Waals surface area contributed by atoms with Crippen LogP contribution in [-0.4, -0.2) is 147 Å². The Balaban J connectivity index is -0.000000150. The number of hydrogen-bond donors (Lipinski definition) is 4. The van der Waals surface area contributed by atoms with Crippen LogP contribution < -0.4 is 139 Å². The fraction of sp³-hybridized carbons (Fsp3) is 0.833. The molecule has 0 aromatic heterocycles. The molecule has 0 spiro atoms.